The minimum Gasteiger partial charge on any atom is -0.0533 e. The lowest BCUT2D eigenvalue weighted by Crippen LogP contribution is -2.59. The van der Waals surface area contributed by atoms with Crippen LogP contribution >= 0.6 is 0 Å². The van der Waals surface area contributed by atoms with E-state index in [1.54, 1.807) is 270 Å². The van der Waals surface area contributed by atoms with Crippen LogP contribution in [-0.2, 0) is 0 Å². The Morgan fingerprint density at radius 3 is 1.08 bits per heavy atom. The van der Waals surface area contributed by atoms with Gasteiger partial charge >= 0.3 is 0 Å². The molecule has 0 heteroatoms. The Bertz CT molecular complexity index is 1420. The minimum absolute atomic E-state index is 1.09. The standard InChI is InChI=1S/C66H110/c1-2-7-22-46(21-6-1)50-28-20-27-49-41-45(37-38-51(49)43-50)42-63-54-29-12-14-31-56(54)65(57-32-15-13-30-55(57)63)66-60-35-18-16-33-58(60)64(59-34-17-19-36-61(59)66)52-39-40-53(47-23-10-5-11-24-47)62(44-52)48-25-8-3-4-9-26-48/h45-66H,1-44H2/t45-,49-,50?,51?,52?,53+,54-,55+,56+,57?,58+,59?,60?,61+,62?,63?,64?,65?,66?/m0/s1. The second-order valence-electron chi connectivity index (χ2n) is 29.0. The quantitative estimate of drug-likeness (QED) is 0.223. The summed E-state index contributed by atoms with van der Waals surface area (Å²) in [7, 11) is 0. The van der Waals surface area contributed by atoms with Crippen molar-refractivity contribution < 1.29 is 0 Å². The van der Waals surface area contributed by atoms with Crippen LogP contribution in [-0.4, -0.2) is 0 Å². The summed E-state index contributed by atoms with van der Waals surface area (Å²) in [6, 6.07) is 0. The second kappa shape index (κ2) is 22.0. The van der Waals surface area contributed by atoms with E-state index in [9.17, 15) is 0 Å². The monoisotopic (exact) mass is 903 g/mol. The van der Waals surface area contributed by atoms with Gasteiger partial charge in [0.2, 0.25) is 0 Å². The first-order valence-corrected chi connectivity index (χ1v) is 32.8. The van der Waals surface area contributed by atoms with Gasteiger partial charge in [0.1, 0.15) is 0 Å². The number of hydrogen-bond donors (Lipinski definition) is 0. The molecule has 12 fully saturated rings. The summed E-state index contributed by atoms with van der Waals surface area (Å²) in [5.41, 5.74) is 0. The van der Waals surface area contributed by atoms with Crippen molar-refractivity contribution in [3.05, 3.63) is 0 Å². The molecule has 0 aromatic rings. The molecule has 0 aromatic carbocycles. The summed E-state index contributed by atoms with van der Waals surface area (Å²) < 4.78 is 0. The van der Waals surface area contributed by atoms with Gasteiger partial charge in [-0.3, -0.25) is 0 Å². The molecule has 374 valence electrons. The number of hydrogen-bond acceptors (Lipinski definition) is 0. The molecular weight excluding hydrogens is 793 g/mol. The van der Waals surface area contributed by atoms with Crippen LogP contribution < -0.4 is 0 Å². The van der Waals surface area contributed by atoms with Crippen LogP contribution in [0.5, 0.6) is 0 Å². The van der Waals surface area contributed by atoms with Crippen molar-refractivity contribution in [3.63, 3.8) is 0 Å². The summed E-state index contributed by atoms with van der Waals surface area (Å²) in [5.74, 6) is 24.5. The molecule has 0 nitrogen and oxygen atoms in total. The zero-order valence-corrected chi connectivity index (χ0v) is 43.8. The SMILES string of the molecule is C1CCCC(C2CCC[C@H]3C[C@@H](CC4[C@@H]5CCCCC5C(C5C6CCCC[C@H]6C(C6CC[C@H](C7CCCCC7)C(C7CCCCCC7)C6)C6CCCC[C@H]65)[C@@H]5CCCC[C@H]45)CCC3C2)CC1. The normalized spacial score (nSPS) is 49.4. The lowest BCUT2D eigenvalue weighted by Gasteiger charge is -2.65. The minimum atomic E-state index is 1.09. The largest absolute Gasteiger partial charge is 0.0533 e. The highest BCUT2D eigenvalue weighted by Gasteiger charge is 2.61. The first kappa shape index (κ1) is 47.0. The molecule has 19 atom stereocenters. The molecule has 0 aliphatic heterocycles. The first-order valence-electron chi connectivity index (χ1n) is 32.8. The molecule has 12 rings (SSSR count). The van der Waals surface area contributed by atoms with Crippen molar-refractivity contribution in [1.29, 1.82) is 0 Å². The third-order valence-electron chi connectivity index (χ3n) is 26.5. The molecule has 11 unspecified atom stereocenters. The third-order valence-corrected chi connectivity index (χ3v) is 26.5. The number of rotatable bonds is 7. The van der Waals surface area contributed by atoms with Gasteiger partial charge in [-0.1, -0.05) is 186 Å². The molecule has 12 aliphatic carbocycles. The Balaban J connectivity index is 0.793. The van der Waals surface area contributed by atoms with Gasteiger partial charge in [0, 0.05) is 0 Å². The Morgan fingerprint density at radius 1 is 0.182 bits per heavy atom. The van der Waals surface area contributed by atoms with Crippen LogP contribution in [0.15, 0.2) is 0 Å². The summed E-state index contributed by atoms with van der Waals surface area (Å²) in [6.45, 7) is 0. The molecule has 0 radical (unpaired) electrons. The lowest BCUT2D eigenvalue weighted by molar-refractivity contribution is -0.170. The van der Waals surface area contributed by atoms with Gasteiger partial charge in [-0.25, -0.2) is 0 Å². The highest BCUT2D eigenvalue weighted by Crippen LogP contribution is 2.68. The Morgan fingerprint density at radius 2 is 0.545 bits per heavy atom. The van der Waals surface area contributed by atoms with Crippen molar-refractivity contribution in [1.82, 2.24) is 0 Å². The summed E-state index contributed by atoms with van der Waals surface area (Å²) in [4.78, 5) is 0. The molecule has 0 spiro atoms. The zero-order chi connectivity index (χ0) is 43.8. The molecule has 12 saturated carbocycles. The third kappa shape index (κ3) is 9.68. The lowest BCUT2D eigenvalue weighted by atomic mass is 9.39. The van der Waals surface area contributed by atoms with E-state index in [2.05, 4.69) is 0 Å². The molecular formula is C66H110. The molecule has 66 heavy (non-hydrogen) atoms. The predicted octanol–water partition coefficient (Wildman–Crippen LogP) is 19.9. The fourth-order valence-corrected chi connectivity index (χ4v) is 24.2. The highest BCUT2D eigenvalue weighted by atomic mass is 14.7. The molecule has 0 N–H and O–H groups in total. The number of fused-ring (bicyclic) bond motifs is 5. The van der Waals surface area contributed by atoms with E-state index < -0.39 is 0 Å². The van der Waals surface area contributed by atoms with Crippen molar-refractivity contribution in [2.75, 3.05) is 0 Å². The van der Waals surface area contributed by atoms with Crippen LogP contribution in [0.25, 0.3) is 0 Å². The average molecular weight is 904 g/mol. The van der Waals surface area contributed by atoms with E-state index in [0.717, 1.165) is 130 Å². The molecule has 0 aromatic heterocycles. The van der Waals surface area contributed by atoms with Crippen molar-refractivity contribution in [2.45, 2.75) is 283 Å². The van der Waals surface area contributed by atoms with Crippen molar-refractivity contribution in [3.8, 4) is 0 Å². The summed E-state index contributed by atoms with van der Waals surface area (Å²) >= 11 is 0. The molecule has 0 amide bonds. The van der Waals surface area contributed by atoms with Crippen LogP contribution in [0.2, 0.25) is 0 Å². The van der Waals surface area contributed by atoms with Gasteiger partial charge in [-0.15, -0.1) is 0 Å². The van der Waals surface area contributed by atoms with Crippen molar-refractivity contribution >= 4 is 0 Å². The van der Waals surface area contributed by atoms with E-state index in [1.165, 1.54) is 12.8 Å². The topological polar surface area (TPSA) is 0 Å². The van der Waals surface area contributed by atoms with E-state index in [1.807, 2.05) is 0 Å². The Hall–Kier alpha value is 0. The van der Waals surface area contributed by atoms with Gasteiger partial charge in [0.05, 0.1) is 0 Å². The van der Waals surface area contributed by atoms with Crippen LogP contribution in [0.3, 0.4) is 0 Å². The van der Waals surface area contributed by atoms with Gasteiger partial charge in [-0.2, -0.15) is 0 Å². The van der Waals surface area contributed by atoms with Crippen LogP contribution in [0.4, 0.5) is 0 Å². The predicted molar refractivity (Wildman–Crippen MR) is 280 cm³/mol. The van der Waals surface area contributed by atoms with E-state index >= 15 is 0 Å². The van der Waals surface area contributed by atoms with Gasteiger partial charge in [0.15, 0.2) is 0 Å². The zero-order valence-electron chi connectivity index (χ0n) is 43.8. The molecule has 0 bridgehead atoms. The fraction of sp³-hybridized carbons (Fsp3) is 1.00. The second-order valence-corrected chi connectivity index (χ2v) is 29.0. The van der Waals surface area contributed by atoms with E-state index in [-0.39, 0.29) is 0 Å². The summed E-state index contributed by atoms with van der Waals surface area (Å²) in [5, 5.41) is 0. The molecule has 0 saturated heterocycles. The Labute approximate surface area is 410 Å². The van der Waals surface area contributed by atoms with Crippen LogP contribution in [0, 0.1) is 130 Å². The molecule has 12 aliphatic rings. The van der Waals surface area contributed by atoms with Crippen LogP contribution in [0.1, 0.15) is 283 Å². The molecule has 0 heterocycles. The first-order chi connectivity index (χ1) is 32.8. The van der Waals surface area contributed by atoms with Crippen molar-refractivity contribution in [2.24, 2.45) is 130 Å². The Kier molecular flexibility index (Phi) is 15.7. The fourth-order valence-electron chi connectivity index (χ4n) is 24.2. The van der Waals surface area contributed by atoms with E-state index in [4.69, 9.17) is 0 Å². The van der Waals surface area contributed by atoms with E-state index in [0.29, 0.717) is 0 Å². The smallest absolute Gasteiger partial charge is 0.0318 e. The average Bonchev–Trinajstić information content (AvgIpc) is 3.91. The maximum atomic E-state index is 1.71. The summed E-state index contributed by atoms with van der Waals surface area (Å²) in [6.07, 6.45) is 70.9. The van der Waals surface area contributed by atoms with Gasteiger partial charge < -0.3 is 0 Å². The maximum Gasteiger partial charge on any atom is -0.0318 e. The van der Waals surface area contributed by atoms with Gasteiger partial charge in [0.25, 0.3) is 0 Å². The van der Waals surface area contributed by atoms with Gasteiger partial charge in [-0.05, 0) is 227 Å². The maximum absolute atomic E-state index is 1.71. The highest BCUT2D eigenvalue weighted by molar-refractivity contribution is 5.10.